The Kier molecular flexibility index (Phi) is 5.16. The second kappa shape index (κ2) is 7.09. The number of nitrogens with one attached hydrogen (secondary N) is 2. The Balaban J connectivity index is 2.05. The molecule has 0 aliphatic rings. The molecule has 2 aromatic carbocycles. The highest BCUT2D eigenvalue weighted by atomic mass is 79.9. The van der Waals surface area contributed by atoms with Gasteiger partial charge < -0.3 is 15.4 Å². The topological polar surface area (TPSA) is 67.4 Å². The van der Waals surface area contributed by atoms with Gasteiger partial charge in [-0.1, -0.05) is 28.1 Å². The van der Waals surface area contributed by atoms with Crippen molar-refractivity contribution >= 4 is 39.3 Å². The first-order valence-corrected chi connectivity index (χ1v) is 7.31. The van der Waals surface area contributed by atoms with Crippen molar-refractivity contribution in [2.24, 2.45) is 0 Å². The molecule has 22 heavy (non-hydrogen) atoms. The number of carbonyl (C=O) groups is 2. The Morgan fingerprint density at radius 2 is 1.73 bits per heavy atom. The van der Waals surface area contributed by atoms with E-state index < -0.39 is 12.0 Å². The van der Waals surface area contributed by atoms with Crippen molar-refractivity contribution in [3.63, 3.8) is 0 Å². The second-order valence-corrected chi connectivity index (χ2v) is 5.47. The second-order valence-electron chi connectivity index (χ2n) is 4.62. The Bertz CT molecular complexity index is 716. The number of rotatable bonds is 3. The number of methoxy groups -OCH3 is 1. The monoisotopic (exact) mass is 362 g/mol. The van der Waals surface area contributed by atoms with Gasteiger partial charge in [-0.15, -0.1) is 0 Å². The van der Waals surface area contributed by atoms with E-state index in [1.54, 1.807) is 24.3 Å². The van der Waals surface area contributed by atoms with E-state index in [0.717, 1.165) is 10.0 Å². The van der Waals surface area contributed by atoms with Crippen molar-refractivity contribution in [1.82, 2.24) is 0 Å². The predicted molar refractivity (Wildman–Crippen MR) is 89.3 cm³/mol. The summed E-state index contributed by atoms with van der Waals surface area (Å²) in [5.74, 6) is -0.452. The van der Waals surface area contributed by atoms with Crippen LogP contribution in [0.2, 0.25) is 0 Å². The van der Waals surface area contributed by atoms with E-state index in [2.05, 4.69) is 31.3 Å². The highest BCUT2D eigenvalue weighted by molar-refractivity contribution is 9.10. The zero-order valence-corrected chi connectivity index (χ0v) is 13.7. The quantitative estimate of drug-likeness (QED) is 0.804. The van der Waals surface area contributed by atoms with Crippen LogP contribution in [0.1, 0.15) is 15.9 Å². The van der Waals surface area contributed by atoms with Crippen molar-refractivity contribution in [2.45, 2.75) is 6.92 Å². The number of esters is 1. The molecule has 2 amide bonds. The molecule has 0 spiro atoms. The number of anilines is 2. The maximum Gasteiger partial charge on any atom is 0.337 e. The molecule has 0 atom stereocenters. The summed E-state index contributed by atoms with van der Waals surface area (Å²) in [6.45, 7) is 1.96. The van der Waals surface area contributed by atoms with Crippen LogP contribution in [0.4, 0.5) is 16.2 Å². The summed E-state index contributed by atoms with van der Waals surface area (Å²) in [5, 5.41) is 5.40. The summed E-state index contributed by atoms with van der Waals surface area (Å²) in [7, 11) is 1.31. The molecule has 0 aliphatic heterocycles. The maximum atomic E-state index is 12.0. The SMILES string of the molecule is COC(=O)c1cccc(NC(=O)Nc2ccc(C)c(Br)c2)c1. The summed E-state index contributed by atoms with van der Waals surface area (Å²) in [6, 6.07) is 11.7. The zero-order valence-electron chi connectivity index (χ0n) is 12.1. The van der Waals surface area contributed by atoms with Crippen LogP contribution < -0.4 is 10.6 Å². The number of hydrogen-bond donors (Lipinski definition) is 2. The van der Waals surface area contributed by atoms with Gasteiger partial charge in [0.1, 0.15) is 0 Å². The average Bonchev–Trinajstić information content (AvgIpc) is 2.50. The number of ether oxygens (including phenoxy) is 1. The first-order chi connectivity index (χ1) is 10.5. The summed E-state index contributed by atoms with van der Waals surface area (Å²) in [4.78, 5) is 23.4. The van der Waals surface area contributed by atoms with Crippen LogP contribution in [-0.4, -0.2) is 19.1 Å². The lowest BCUT2D eigenvalue weighted by Gasteiger charge is -2.09. The van der Waals surface area contributed by atoms with Crippen molar-refractivity contribution < 1.29 is 14.3 Å². The number of urea groups is 1. The fourth-order valence-electron chi connectivity index (χ4n) is 1.81. The molecule has 5 nitrogen and oxygen atoms in total. The predicted octanol–water partition coefficient (Wildman–Crippen LogP) is 4.19. The third kappa shape index (κ3) is 4.08. The van der Waals surface area contributed by atoms with Crippen LogP contribution in [0.15, 0.2) is 46.9 Å². The van der Waals surface area contributed by atoms with E-state index >= 15 is 0 Å². The van der Waals surface area contributed by atoms with Crippen molar-refractivity contribution in [1.29, 1.82) is 0 Å². The lowest BCUT2D eigenvalue weighted by molar-refractivity contribution is 0.0600. The van der Waals surface area contributed by atoms with E-state index in [0.29, 0.717) is 16.9 Å². The van der Waals surface area contributed by atoms with Gasteiger partial charge in [-0.2, -0.15) is 0 Å². The lowest BCUT2D eigenvalue weighted by Crippen LogP contribution is -2.19. The molecule has 0 fully saturated rings. The normalized spacial score (nSPS) is 9.95. The molecule has 0 bridgehead atoms. The Hall–Kier alpha value is -2.34. The van der Waals surface area contributed by atoms with Crippen LogP contribution in [0.25, 0.3) is 0 Å². The molecule has 0 unspecified atom stereocenters. The summed E-state index contributed by atoms with van der Waals surface area (Å²) < 4.78 is 5.56. The van der Waals surface area contributed by atoms with Gasteiger partial charge >= 0.3 is 12.0 Å². The van der Waals surface area contributed by atoms with E-state index in [-0.39, 0.29) is 0 Å². The first-order valence-electron chi connectivity index (χ1n) is 6.52. The minimum Gasteiger partial charge on any atom is -0.465 e. The highest BCUT2D eigenvalue weighted by Crippen LogP contribution is 2.21. The number of hydrogen-bond acceptors (Lipinski definition) is 3. The van der Waals surface area contributed by atoms with Crippen LogP contribution in [0, 0.1) is 6.92 Å². The van der Waals surface area contributed by atoms with Crippen molar-refractivity contribution in [3.8, 4) is 0 Å². The summed E-state index contributed by atoms with van der Waals surface area (Å²) in [5.41, 5.74) is 2.63. The van der Waals surface area contributed by atoms with Gasteiger partial charge in [-0.3, -0.25) is 0 Å². The van der Waals surface area contributed by atoms with E-state index in [1.165, 1.54) is 7.11 Å². The fourth-order valence-corrected chi connectivity index (χ4v) is 2.18. The highest BCUT2D eigenvalue weighted by Gasteiger charge is 2.08. The fraction of sp³-hybridized carbons (Fsp3) is 0.125. The van der Waals surface area contributed by atoms with Crippen LogP contribution >= 0.6 is 15.9 Å². The molecule has 0 aliphatic carbocycles. The average molecular weight is 363 g/mol. The molecule has 114 valence electrons. The van der Waals surface area contributed by atoms with Crippen molar-refractivity contribution in [2.75, 3.05) is 17.7 Å². The first kappa shape index (κ1) is 16.0. The van der Waals surface area contributed by atoms with Gasteiger partial charge in [0.25, 0.3) is 0 Å². The molecule has 0 radical (unpaired) electrons. The van der Waals surface area contributed by atoms with E-state index in [9.17, 15) is 9.59 Å². The zero-order chi connectivity index (χ0) is 16.1. The van der Waals surface area contributed by atoms with Crippen LogP contribution in [0.3, 0.4) is 0 Å². The summed E-state index contributed by atoms with van der Waals surface area (Å²) >= 11 is 3.41. The van der Waals surface area contributed by atoms with Gasteiger partial charge in [0, 0.05) is 15.8 Å². The molecule has 0 aromatic heterocycles. The van der Waals surface area contributed by atoms with Crippen LogP contribution in [0.5, 0.6) is 0 Å². The Morgan fingerprint density at radius 1 is 1.05 bits per heavy atom. The minimum atomic E-state index is -0.452. The summed E-state index contributed by atoms with van der Waals surface area (Å²) in [6.07, 6.45) is 0. The van der Waals surface area contributed by atoms with Crippen molar-refractivity contribution in [3.05, 3.63) is 58.1 Å². The molecule has 2 rings (SSSR count). The van der Waals surface area contributed by atoms with Gasteiger partial charge in [-0.25, -0.2) is 9.59 Å². The number of carbonyl (C=O) groups excluding carboxylic acids is 2. The molecule has 2 aromatic rings. The Morgan fingerprint density at radius 3 is 2.36 bits per heavy atom. The molecular formula is C16H15BrN2O3. The third-order valence-electron chi connectivity index (χ3n) is 2.97. The maximum absolute atomic E-state index is 12.0. The molecule has 0 saturated heterocycles. The molecular weight excluding hydrogens is 348 g/mol. The number of benzene rings is 2. The van der Waals surface area contributed by atoms with E-state index in [1.807, 2.05) is 25.1 Å². The van der Waals surface area contributed by atoms with Crippen LogP contribution in [-0.2, 0) is 4.74 Å². The van der Waals surface area contributed by atoms with Gasteiger partial charge in [0.05, 0.1) is 12.7 Å². The third-order valence-corrected chi connectivity index (χ3v) is 3.83. The Labute approximate surface area is 136 Å². The number of aryl methyl sites for hydroxylation is 1. The van der Waals surface area contributed by atoms with Gasteiger partial charge in [0.2, 0.25) is 0 Å². The number of amides is 2. The molecule has 0 heterocycles. The van der Waals surface area contributed by atoms with E-state index in [4.69, 9.17) is 0 Å². The van der Waals surface area contributed by atoms with Gasteiger partial charge in [0.15, 0.2) is 0 Å². The largest absolute Gasteiger partial charge is 0.465 e. The lowest BCUT2D eigenvalue weighted by atomic mass is 10.2. The van der Waals surface area contributed by atoms with Gasteiger partial charge in [-0.05, 0) is 42.8 Å². The number of halogens is 1. The molecule has 0 saturated carbocycles. The molecule has 6 heteroatoms. The minimum absolute atomic E-state index is 0.374. The smallest absolute Gasteiger partial charge is 0.337 e. The standard InChI is InChI=1S/C16H15BrN2O3/c1-10-6-7-13(9-14(10)17)19-16(21)18-12-5-3-4-11(8-12)15(20)22-2/h3-9H,1-2H3,(H2,18,19,21). The molecule has 2 N–H and O–H groups in total.